The lowest BCUT2D eigenvalue weighted by molar-refractivity contribution is 0.0673. The van der Waals surface area contributed by atoms with Crippen LogP contribution in [0.1, 0.15) is 28.8 Å². The first kappa shape index (κ1) is 20.7. The van der Waals surface area contributed by atoms with Gasteiger partial charge in [-0.05, 0) is 36.6 Å². The number of nitrogens with zero attached hydrogens (tertiary/aromatic N) is 2. The summed E-state index contributed by atoms with van der Waals surface area (Å²) in [6.07, 6.45) is 3.70. The van der Waals surface area contributed by atoms with Crippen molar-refractivity contribution < 1.29 is 14.3 Å². The van der Waals surface area contributed by atoms with Crippen LogP contribution in [0.25, 0.3) is 0 Å². The summed E-state index contributed by atoms with van der Waals surface area (Å²) in [6.45, 7) is 1.56. The van der Waals surface area contributed by atoms with Gasteiger partial charge in [0.25, 0.3) is 5.91 Å². The monoisotopic (exact) mass is 445 g/mol. The fourth-order valence-corrected chi connectivity index (χ4v) is 3.70. The molecule has 0 bridgehead atoms. The molecule has 1 fully saturated rings. The van der Waals surface area contributed by atoms with Crippen molar-refractivity contribution in [1.29, 1.82) is 0 Å². The molecule has 8 heteroatoms. The molecule has 1 N–H and O–H groups in total. The number of halogens is 2. The van der Waals surface area contributed by atoms with E-state index in [2.05, 4.69) is 10.4 Å². The third-order valence-corrected chi connectivity index (χ3v) is 5.75. The van der Waals surface area contributed by atoms with Crippen molar-refractivity contribution in [2.24, 2.45) is 0 Å². The smallest absolute Gasteiger partial charge is 0.260 e. The van der Waals surface area contributed by atoms with Crippen LogP contribution in [0.4, 0.5) is 5.82 Å². The van der Waals surface area contributed by atoms with Crippen LogP contribution in [0, 0.1) is 0 Å². The van der Waals surface area contributed by atoms with E-state index >= 15 is 0 Å². The lowest BCUT2D eigenvalue weighted by atomic mass is 10.2. The van der Waals surface area contributed by atoms with Crippen molar-refractivity contribution in [2.75, 3.05) is 18.5 Å². The van der Waals surface area contributed by atoms with Gasteiger partial charge >= 0.3 is 0 Å². The number of anilines is 1. The number of rotatable bonds is 7. The molecule has 1 aliphatic heterocycles. The summed E-state index contributed by atoms with van der Waals surface area (Å²) in [4.78, 5) is 12.9. The van der Waals surface area contributed by atoms with Crippen molar-refractivity contribution in [3.8, 4) is 5.75 Å². The zero-order valence-corrected chi connectivity index (χ0v) is 17.7. The molecule has 1 amide bonds. The van der Waals surface area contributed by atoms with E-state index in [1.165, 1.54) is 0 Å². The van der Waals surface area contributed by atoms with Gasteiger partial charge in [0.2, 0.25) is 0 Å². The van der Waals surface area contributed by atoms with Crippen LogP contribution in [-0.4, -0.2) is 35.0 Å². The highest BCUT2D eigenvalue weighted by Crippen LogP contribution is 2.27. The summed E-state index contributed by atoms with van der Waals surface area (Å²) in [7, 11) is 0. The highest BCUT2D eigenvalue weighted by Gasteiger charge is 2.19. The Morgan fingerprint density at radius 3 is 2.90 bits per heavy atom. The molecule has 1 aliphatic rings. The lowest BCUT2D eigenvalue weighted by Gasteiger charge is -2.15. The number of hydrogen-bond acceptors (Lipinski definition) is 4. The van der Waals surface area contributed by atoms with E-state index in [9.17, 15) is 4.79 Å². The van der Waals surface area contributed by atoms with Gasteiger partial charge in [0.15, 0.2) is 0 Å². The van der Waals surface area contributed by atoms with Crippen LogP contribution in [-0.2, 0) is 11.3 Å². The van der Waals surface area contributed by atoms with Crippen LogP contribution in [0.5, 0.6) is 5.75 Å². The van der Waals surface area contributed by atoms with Crippen molar-refractivity contribution >= 4 is 34.9 Å². The van der Waals surface area contributed by atoms with Gasteiger partial charge in [0, 0.05) is 12.7 Å². The number of benzene rings is 2. The number of ether oxygens (including phenoxy) is 2. The van der Waals surface area contributed by atoms with Crippen LogP contribution in [0.15, 0.2) is 54.7 Å². The Kier molecular flexibility index (Phi) is 6.57. The molecule has 0 radical (unpaired) electrons. The molecule has 30 heavy (non-hydrogen) atoms. The van der Waals surface area contributed by atoms with E-state index < -0.39 is 0 Å². The van der Waals surface area contributed by atoms with Crippen molar-refractivity contribution in [3.63, 3.8) is 0 Å². The zero-order valence-electron chi connectivity index (χ0n) is 16.2. The Bertz CT molecular complexity index is 1030. The van der Waals surface area contributed by atoms with E-state index in [1.807, 2.05) is 18.2 Å². The van der Waals surface area contributed by atoms with Crippen LogP contribution >= 0.6 is 23.2 Å². The summed E-state index contributed by atoms with van der Waals surface area (Å²) in [5.41, 5.74) is 1.26. The van der Waals surface area contributed by atoms with Gasteiger partial charge in [-0.1, -0.05) is 47.5 Å². The molecule has 6 nitrogen and oxygen atoms in total. The van der Waals surface area contributed by atoms with Crippen molar-refractivity contribution in [1.82, 2.24) is 9.78 Å². The molecule has 1 aromatic heterocycles. The second-order valence-corrected chi connectivity index (χ2v) is 7.77. The highest BCUT2D eigenvalue weighted by molar-refractivity contribution is 6.42. The SMILES string of the molecule is O=C(Nc1ccnn1Cc1cccc(Cl)c1Cl)c1ccccc1OCC1CCCO1. The van der Waals surface area contributed by atoms with Gasteiger partial charge in [0.05, 0.1) is 34.5 Å². The summed E-state index contributed by atoms with van der Waals surface area (Å²) in [5.74, 6) is 0.788. The number of amides is 1. The van der Waals surface area contributed by atoms with E-state index in [1.54, 1.807) is 41.2 Å². The molecule has 1 unspecified atom stereocenters. The molecular formula is C22H21Cl2N3O3. The van der Waals surface area contributed by atoms with Gasteiger partial charge in [-0.25, -0.2) is 4.68 Å². The van der Waals surface area contributed by atoms with Gasteiger partial charge < -0.3 is 14.8 Å². The molecule has 156 valence electrons. The minimum atomic E-state index is -0.281. The first-order chi connectivity index (χ1) is 14.6. The molecule has 0 spiro atoms. The number of hydrogen-bond donors (Lipinski definition) is 1. The Morgan fingerprint density at radius 1 is 1.20 bits per heavy atom. The van der Waals surface area contributed by atoms with E-state index in [0.717, 1.165) is 25.0 Å². The number of carbonyl (C=O) groups is 1. The van der Waals surface area contributed by atoms with Crippen molar-refractivity contribution in [2.45, 2.75) is 25.5 Å². The highest BCUT2D eigenvalue weighted by atomic mass is 35.5. The Balaban J connectivity index is 1.47. The van der Waals surface area contributed by atoms with E-state index in [0.29, 0.717) is 40.3 Å². The Labute approximate surface area is 184 Å². The second-order valence-electron chi connectivity index (χ2n) is 6.98. The predicted molar refractivity (Wildman–Crippen MR) is 117 cm³/mol. The van der Waals surface area contributed by atoms with Crippen LogP contribution in [0.2, 0.25) is 10.0 Å². The molecule has 1 saturated heterocycles. The van der Waals surface area contributed by atoms with Gasteiger partial charge in [-0.15, -0.1) is 0 Å². The topological polar surface area (TPSA) is 65.4 Å². The zero-order chi connectivity index (χ0) is 20.9. The number of aromatic nitrogens is 2. The summed E-state index contributed by atoms with van der Waals surface area (Å²) >= 11 is 12.4. The van der Waals surface area contributed by atoms with Crippen LogP contribution < -0.4 is 10.1 Å². The average molecular weight is 446 g/mol. The number of nitrogens with one attached hydrogen (secondary N) is 1. The molecule has 0 aliphatic carbocycles. The molecular weight excluding hydrogens is 425 g/mol. The molecule has 2 aromatic carbocycles. The number of carbonyl (C=O) groups excluding carboxylic acids is 1. The third kappa shape index (κ3) is 4.78. The second kappa shape index (κ2) is 9.51. The summed E-state index contributed by atoms with van der Waals surface area (Å²) < 4.78 is 13.1. The first-order valence-corrected chi connectivity index (χ1v) is 10.5. The largest absolute Gasteiger partial charge is 0.490 e. The normalized spacial score (nSPS) is 15.9. The average Bonchev–Trinajstić information content (AvgIpc) is 3.42. The van der Waals surface area contributed by atoms with Crippen molar-refractivity contribution in [3.05, 3.63) is 75.9 Å². The van der Waals surface area contributed by atoms with Gasteiger partial charge in [-0.2, -0.15) is 5.10 Å². The maximum atomic E-state index is 12.9. The standard InChI is InChI=1S/C22H21Cl2N3O3/c23-18-8-3-5-15(21(18)24)13-27-20(10-11-25-27)26-22(28)17-7-1-2-9-19(17)30-14-16-6-4-12-29-16/h1-3,5,7-11,16H,4,6,12-14H2,(H,26,28). The third-order valence-electron chi connectivity index (χ3n) is 4.89. The van der Waals surface area contributed by atoms with Gasteiger partial charge in [0.1, 0.15) is 18.2 Å². The quantitative estimate of drug-likeness (QED) is 0.552. The Morgan fingerprint density at radius 2 is 2.07 bits per heavy atom. The molecule has 4 rings (SSSR count). The predicted octanol–water partition coefficient (Wildman–Crippen LogP) is 5.05. The van der Waals surface area contributed by atoms with E-state index in [-0.39, 0.29) is 12.0 Å². The fraction of sp³-hybridized carbons (Fsp3) is 0.273. The summed E-state index contributed by atoms with van der Waals surface area (Å²) in [5, 5.41) is 8.14. The minimum Gasteiger partial charge on any atom is -0.490 e. The number of para-hydroxylation sites is 1. The van der Waals surface area contributed by atoms with Gasteiger partial charge in [-0.3, -0.25) is 4.79 Å². The molecule has 3 aromatic rings. The van der Waals surface area contributed by atoms with E-state index in [4.69, 9.17) is 32.7 Å². The first-order valence-electron chi connectivity index (χ1n) is 9.71. The maximum absolute atomic E-state index is 12.9. The minimum absolute atomic E-state index is 0.0741. The van der Waals surface area contributed by atoms with Crippen LogP contribution in [0.3, 0.4) is 0 Å². The summed E-state index contributed by atoms with van der Waals surface area (Å²) in [6, 6.07) is 14.3. The molecule has 2 heterocycles. The maximum Gasteiger partial charge on any atom is 0.260 e. The Hall–Kier alpha value is -2.54. The lowest BCUT2D eigenvalue weighted by Crippen LogP contribution is -2.20. The fourth-order valence-electron chi connectivity index (χ4n) is 3.32. The molecule has 1 atom stereocenters. The molecule has 0 saturated carbocycles.